The average Bonchev–Trinajstić information content (AvgIpc) is 2.29. The van der Waals surface area contributed by atoms with Gasteiger partial charge in [-0.05, 0) is 31.0 Å². The molecule has 0 aromatic heterocycles. The second-order valence-corrected chi connectivity index (χ2v) is 4.54. The summed E-state index contributed by atoms with van der Waals surface area (Å²) in [6, 6.07) is 7.82. The highest BCUT2D eigenvalue weighted by molar-refractivity contribution is 9.10. The lowest BCUT2D eigenvalue weighted by molar-refractivity contribution is -0.129. The highest BCUT2D eigenvalue weighted by Gasteiger charge is 2.16. The van der Waals surface area contributed by atoms with Gasteiger partial charge in [-0.3, -0.25) is 4.79 Å². The van der Waals surface area contributed by atoms with Crippen LogP contribution in [0, 0.1) is 0 Å². The molecule has 0 saturated heterocycles. The highest BCUT2D eigenvalue weighted by atomic mass is 79.9. The molecule has 0 bridgehead atoms. The van der Waals surface area contributed by atoms with Gasteiger partial charge in [-0.1, -0.05) is 35.0 Å². The average molecular weight is 285 g/mol. The fourth-order valence-corrected chi connectivity index (χ4v) is 1.82. The number of halogens is 1. The minimum Gasteiger partial charge on any atom is -0.371 e. The van der Waals surface area contributed by atoms with E-state index >= 15 is 0 Å². The quantitative estimate of drug-likeness (QED) is 0.801. The maximum atomic E-state index is 11.9. The van der Waals surface area contributed by atoms with Crippen LogP contribution in [0.5, 0.6) is 0 Å². The monoisotopic (exact) mass is 284 g/mol. The van der Waals surface area contributed by atoms with Crippen LogP contribution in [-0.2, 0) is 16.0 Å². The lowest BCUT2D eigenvalue weighted by Crippen LogP contribution is -2.25. The van der Waals surface area contributed by atoms with Crippen molar-refractivity contribution in [2.45, 2.75) is 32.8 Å². The van der Waals surface area contributed by atoms with Gasteiger partial charge in [-0.25, -0.2) is 0 Å². The van der Waals surface area contributed by atoms with Crippen molar-refractivity contribution in [3.05, 3.63) is 34.3 Å². The van der Waals surface area contributed by atoms with Crippen LogP contribution in [0.3, 0.4) is 0 Å². The van der Waals surface area contributed by atoms with Crippen molar-refractivity contribution in [3.63, 3.8) is 0 Å². The molecular weight excluding hydrogens is 268 g/mol. The van der Waals surface area contributed by atoms with Gasteiger partial charge in [0.15, 0.2) is 5.78 Å². The molecule has 0 saturated carbocycles. The first-order valence-corrected chi connectivity index (χ1v) is 6.35. The normalized spacial score (nSPS) is 12.4. The van der Waals surface area contributed by atoms with E-state index < -0.39 is 0 Å². The van der Waals surface area contributed by atoms with Crippen LogP contribution in [0.15, 0.2) is 28.7 Å². The second-order valence-electron chi connectivity index (χ2n) is 3.62. The Labute approximate surface area is 105 Å². The zero-order valence-electron chi connectivity index (χ0n) is 9.70. The lowest BCUT2D eigenvalue weighted by Gasteiger charge is -2.13. The Bertz CT molecular complexity index is 332. The summed E-state index contributed by atoms with van der Waals surface area (Å²) in [5, 5.41) is 0. The van der Waals surface area contributed by atoms with Gasteiger partial charge in [0.2, 0.25) is 0 Å². The van der Waals surface area contributed by atoms with E-state index in [4.69, 9.17) is 4.74 Å². The van der Waals surface area contributed by atoms with Gasteiger partial charge in [0.25, 0.3) is 0 Å². The van der Waals surface area contributed by atoms with E-state index in [1.165, 1.54) is 0 Å². The number of benzene rings is 1. The molecule has 0 fully saturated rings. The van der Waals surface area contributed by atoms with E-state index in [0.29, 0.717) is 13.0 Å². The molecule has 1 unspecified atom stereocenters. The Morgan fingerprint density at radius 2 is 1.94 bits per heavy atom. The van der Waals surface area contributed by atoms with Gasteiger partial charge in [0.1, 0.15) is 6.10 Å². The van der Waals surface area contributed by atoms with E-state index in [-0.39, 0.29) is 11.9 Å². The van der Waals surface area contributed by atoms with Crippen molar-refractivity contribution in [2.24, 2.45) is 0 Å². The molecule has 0 amide bonds. The molecule has 1 aromatic rings. The third-order valence-electron chi connectivity index (χ3n) is 2.39. The number of hydrogen-bond donors (Lipinski definition) is 0. The summed E-state index contributed by atoms with van der Waals surface area (Å²) in [6.45, 7) is 4.47. The minimum atomic E-state index is -0.256. The molecule has 0 radical (unpaired) electrons. The van der Waals surface area contributed by atoms with Gasteiger partial charge in [-0.15, -0.1) is 0 Å². The van der Waals surface area contributed by atoms with E-state index in [1.54, 1.807) is 0 Å². The summed E-state index contributed by atoms with van der Waals surface area (Å²) < 4.78 is 6.42. The van der Waals surface area contributed by atoms with Gasteiger partial charge in [0.05, 0.1) is 0 Å². The molecule has 0 aliphatic carbocycles. The van der Waals surface area contributed by atoms with Crippen LogP contribution in [0.1, 0.15) is 25.8 Å². The van der Waals surface area contributed by atoms with E-state index in [0.717, 1.165) is 16.5 Å². The fraction of sp³-hybridized carbons (Fsp3) is 0.462. The number of ketones is 1. The smallest absolute Gasteiger partial charge is 0.165 e. The summed E-state index contributed by atoms with van der Waals surface area (Å²) in [6.07, 6.45) is 0.934. The topological polar surface area (TPSA) is 26.3 Å². The van der Waals surface area contributed by atoms with Crippen LogP contribution in [0.4, 0.5) is 0 Å². The van der Waals surface area contributed by atoms with Crippen molar-refractivity contribution < 1.29 is 9.53 Å². The number of carbonyl (C=O) groups excluding carboxylic acids is 1. The molecule has 1 rings (SSSR count). The molecule has 3 heteroatoms. The molecule has 16 heavy (non-hydrogen) atoms. The number of hydrogen-bond acceptors (Lipinski definition) is 2. The Hall–Kier alpha value is -0.670. The van der Waals surface area contributed by atoms with Gasteiger partial charge < -0.3 is 4.74 Å². The molecular formula is C13H17BrO2. The minimum absolute atomic E-state index is 0.159. The van der Waals surface area contributed by atoms with Crippen molar-refractivity contribution in [1.82, 2.24) is 0 Å². The summed E-state index contributed by atoms with van der Waals surface area (Å²) in [5.74, 6) is 0.159. The van der Waals surface area contributed by atoms with Crippen LogP contribution in [-0.4, -0.2) is 18.5 Å². The van der Waals surface area contributed by atoms with Crippen molar-refractivity contribution in [2.75, 3.05) is 6.61 Å². The van der Waals surface area contributed by atoms with Gasteiger partial charge in [0, 0.05) is 17.5 Å². The van der Waals surface area contributed by atoms with E-state index in [1.807, 2.05) is 38.1 Å². The van der Waals surface area contributed by atoms with Crippen LogP contribution in [0.2, 0.25) is 0 Å². The number of carbonyl (C=O) groups is 1. The van der Waals surface area contributed by atoms with E-state index in [9.17, 15) is 4.79 Å². The maximum absolute atomic E-state index is 11.9. The molecule has 0 N–H and O–H groups in total. The van der Waals surface area contributed by atoms with Crippen LogP contribution < -0.4 is 0 Å². The summed E-state index contributed by atoms with van der Waals surface area (Å²) >= 11 is 3.37. The predicted octanol–water partition coefficient (Wildman–Crippen LogP) is 3.38. The third kappa shape index (κ3) is 4.06. The largest absolute Gasteiger partial charge is 0.371 e. The Morgan fingerprint density at radius 1 is 1.31 bits per heavy atom. The summed E-state index contributed by atoms with van der Waals surface area (Å²) in [7, 11) is 0. The Kier molecular flexibility index (Phi) is 5.71. The first-order chi connectivity index (χ1) is 7.67. The molecule has 1 aromatic carbocycles. The molecule has 0 aliphatic heterocycles. The first kappa shape index (κ1) is 13.4. The molecule has 2 nitrogen and oxygen atoms in total. The van der Waals surface area contributed by atoms with Gasteiger partial charge in [-0.2, -0.15) is 0 Å². The molecule has 0 spiro atoms. The molecule has 0 aliphatic rings. The zero-order chi connectivity index (χ0) is 12.0. The first-order valence-electron chi connectivity index (χ1n) is 5.56. The van der Waals surface area contributed by atoms with Crippen molar-refractivity contribution >= 4 is 21.7 Å². The number of Topliss-reactive ketones (excluding diaryl/α,β-unsaturated/α-hetero) is 1. The van der Waals surface area contributed by atoms with Gasteiger partial charge >= 0.3 is 0 Å². The third-order valence-corrected chi connectivity index (χ3v) is 2.92. The van der Waals surface area contributed by atoms with Crippen LogP contribution >= 0.6 is 15.9 Å². The molecule has 1 atom stereocenters. The van der Waals surface area contributed by atoms with Crippen molar-refractivity contribution in [3.8, 4) is 0 Å². The summed E-state index contributed by atoms with van der Waals surface area (Å²) in [4.78, 5) is 11.9. The standard InChI is InChI=1S/C13H17BrO2/c1-3-13(16-4-2)12(15)9-10-5-7-11(14)8-6-10/h5-8,13H,3-4,9H2,1-2H3. The summed E-state index contributed by atoms with van der Waals surface area (Å²) in [5.41, 5.74) is 1.03. The zero-order valence-corrected chi connectivity index (χ0v) is 11.3. The second kappa shape index (κ2) is 6.81. The Balaban J connectivity index is 2.59. The fourth-order valence-electron chi connectivity index (χ4n) is 1.56. The van der Waals surface area contributed by atoms with Crippen molar-refractivity contribution in [1.29, 1.82) is 0 Å². The molecule has 0 heterocycles. The number of ether oxygens (including phenoxy) is 1. The van der Waals surface area contributed by atoms with E-state index in [2.05, 4.69) is 15.9 Å². The molecule has 88 valence electrons. The lowest BCUT2D eigenvalue weighted by atomic mass is 10.0. The predicted molar refractivity (Wildman–Crippen MR) is 68.6 cm³/mol. The number of rotatable bonds is 6. The maximum Gasteiger partial charge on any atom is 0.165 e. The van der Waals surface area contributed by atoms with Crippen LogP contribution in [0.25, 0.3) is 0 Å². The Morgan fingerprint density at radius 3 is 2.44 bits per heavy atom. The SMILES string of the molecule is CCOC(CC)C(=O)Cc1ccc(Br)cc1. The highest BCUT2D eigenvalue weighted by Crippen LogP contribution is 2.12.